The number of imidazole rings is 1. The lowest BCUT2D eigenvalue weighted by molar-refractivity contribution is -0.128. The molecule has 5 heteroatoms. The molecule has 0 radical (unpaired) electrons. The first kappa shape index (κ1) is 11.1. The second-order valence-corrected chi connectivity index (χ2v) is 4.09. The van der Waals surface area contributed by atoms with Gasteiger partial charge in [-0.3, -0.25) is 4.79 Å². The van der Waals surface area contributed by atoms with Gasteiger partial charge in [0.15, 0.2) is 0 Å². The fraction of sp³-hybridized carbons (Fsp3) is 0.636. The minimum atomic E-state index is -0.0645. The molecule has 0 spiro atoms. The van der Waals surface area contributed by atoms with Crippen molar-refractivity contribution in [2.24, 2.45) is 5.92 Å². The molecule has 1 atom stereocenters. The molecule has 0 saturated carbocycles. The van der Waals surface area contributed by atoms with Crippen LogP contribution in [0.2, 0.25) is 0 Å². The Morgan fingerprint density at radius 1 is 1.62 bits per heavy atom. The van der Waals surface area contributed by atoms with Crippen molar-refractivity contribution in [1.82, 2.24) is 15.3 Å². The number of ether oxygens (including phenoxy) is 1. The minimum absolute atomic E-state index is 0.0645. The first-order valence-corrected chi connectivity index (χ1v) is 5.65. The van der Waals surface area contributed by atoms with Crippen LogP contribution in [-0.4, -0.2) is 29.1 Å². The van der Waals surface area contributed by atoms with Crippen LogP contribution in [0.1, 0.15) is 31.6 Å². The van der Waals surface area contributed by atoms with Crippen molar-refractivity contribution < 1.29 is 9.53 Å². The first-order chi connectivity index (χ1) is 7.77. The molecule has 16 heavy (non-hydrogen) atoms. The summed E-state index contributed by atoms with van der Waals surface area (Å²) in [5.41, 5.74) is 0. The molecule has 1 aromatic heterocycles. The topological polar surface area (TPSA) is 67.0 Å². The summed E-state index contributed by atoms with van der Waals surface area (Å²) in [5, 5.41) is 2.96. The molecule has 0 aliphatic carbocycles. The Kier molecular flexibility index (Phi) is 3.56. The summed E-state index contributed by atoms with van der Waals surface area (Å²) in [4.78, 5) is 19.0. The number of hydrogen-bond acceptors (Lipinski definition) is 3. The molecule has 2 rings (SSSR count). The van der Waals surface area contributed by atoms with Crippen LogP contribution in [0, 0.1) is 5.92 Å². The zero-order valence-corrected chi connectivity index (χ0v) is 9.40. The van der Waals surface area contributed by atoms with Crippen molar-refractivity contribution in [1.29, 1.82) is 0 Å². The maximum atomic E-state index is 11.9. The van der Waals surface area contributed by atoms with Gasteiger partial charge in [0.05, 0.1) is 6.04 Å². The van der Waals surface area contributed by atoms with E-state index in [0.29, 0.717) is 13.2 Å². The number of carbonyl (C=O) groups excluding carboxylic acids is 1. The van der Waals surface area contributed by atoms with Crippen LogP contribution in [-0.2, 0) is 9.53 Å². The molecular formula is C11H17N3O2. The van der Waals surface area contributed by atoms with E-state index in [0.717, 1.165) is 18.7 Å². The van der Waals surface area contributed by atoms with Crippen molar-refractivity contribution >= 4 is 5.91 Å². The smallest absolute Gasteiger partial charge is 0.223 e. The summed E-state index contributed by atoms with van der Waals surface area (Å²) >= 11 is 0. The van der Waals surface area contributed by atoms with Crippen molar-refractivity contribution in [3.63, 3.8) is 0 Å². The number of carbonyl (C=O) groups is 1. The van der Waals surface area contributed by atoms with Crippen LogP contribution >= 0.6 is 0 Å². The van der Waals surface area contributed by atoms with Gasteiger partial charge in [-0.1, -0.05) is 0 Å². The predicted octanol–water partition coefficient (Wildman–Crippen LogP) is 1.01. The average molecular weight is 223 g/mol. The van der Waals surface area contributed by atoms with Gasteiger partial charge in [-0.2, -0.15) is 0 Å². The Morgan fingerprint density at radius 3 is 3.00 bits per heavy atom. The summed E-state index contributed by atoms with van der Waals surface area (Å²) in [6.45, 7) is 3.30. The maximum absolute atomic E-state index is 11.9. The van der Waals surface area contributed by atoms with E-state index in [-0.39, 0.29) is 17.9 Å². The Balaban J connectivity index is 1.86. The fourth-order valence-electron chi connectivity index (χ4n) is 1.87. The fourth-order valence-corrected chi connectivity index (χ4v) is 1.87. The van der Waals surface area contributed by atoms with Crippen molar-refractivity contribution in [2.45, 2.75) is 25.8 Å². The number of aromatic nitrogens is 2. The van der Waals surface area contributed by atoms with Gasteiger partial charge < -0.3 is 15.0 Å². The normalized spacial score (nSPS) is 19.3. The third-order valence-electron chi connectivity index (χ3n) is 2.88. The quantitative estimate of drug-likeness (QED) is 0.803. The molecule has 1 aliphatic rings. The predicted molar refractivity (Wildman–Crippen MR) is 58.7 cm³/mol. The third-order valence-corrected chi connectivity index (χ3v) is 2.88. The SMILES string of the molecule is CC(NC(=O)C1CCOCC1)c1ncc[nH]1. The van der Waals surface area contributed by atoms with E-state index in [4.69, 9.17) is 4.74 Å². The van der Waals surface area contributed by atoms with E-state index in [1.54, 1.807) is 12.4 Å². The zero-order chi connectivity index (χ0) is 11.4. The van der Waals surface area contributed by atoms with Crippen molar-refractivity contribution in [3.05, 3.63) is 18.2 Å². The van der Waals surface area contributed by atoms with Gasteiger partial charge >= 0.3 is 0 Å². The molecule has 0 bridgehead atoms. The summed E-state index contributed by atoms with van der Waals surface area (Å²) in [6.07, 6.45) is 5.08. The molecule has 1 unspecified atom stereocenters. The van der Waals surface area contributed by atoms with Crippen LogP contribution in [0.4, 0.5) is 0 Å². The molecule has 2 heterocycles. The number of nitrogens with zero attached hydrogens (tertiary/aromatic N) is 1. The van der Waals surface area contributed by atoms with Gasteiger partial charge in [0.2, 0.25) is 5.91 Å². The van der Waals surface area contributed by atoms with Gasteiger partial charge in [-0.15, -0.1) is 0 Å². The highest BCUT2D eigenvalue weighted by Gasteiger charge is 2.23. The molecular weight excluding hydrogens is 206 g/mol. The summed E-state index contributed by atoms with van der Waals surface area (Å²) in [7, 11) is 0. The lowest BCUT2D eigenvalue weighted by Gasteiger charge is -2.22. The van der Waals surface area contributed by atoms with Crippen LogP contribution < -0.4 is 5.32 Å². The van der Waals surface area contributed by atoms with Gasteiger partial charge in [0.25, 0.3) is 0 Å². The second kappa shape index (κ2) is 5.12. The number of rotatable bonds is 3. The highest BCUT2D eigenvalue weighted by Crippen LogP contribution is 2.16. The first-order valence-electron chi connectivity index (χ1n) is 5.65. The molecule has 1 saturated heterocycles. The standard InChI is InChI=1S/C11H17N3O2/c1-8(10-12-4-5-13-10)14-11(15)9-2-6-16-7-3-9/h4-5,8-9H,2-3,6-7H2,1H3,(H,12,13)(H,14,15). The van der Waals surface area contributed by atoms with E-state index in [1.165, 1.54) is 0 Å². The average Bonchev–Trinajstić information content (AvgIpc) is 2.83. The lowest BCUT2D eigenvalue weighted by Crippen LogP contribution is -2.36. The molecule has 1 fully saturated rings. The van der Waals surface area contributed by atoms with Gasteiger partial charge in [0.1, 0.15) is 5.82 Å². The van der Waals surface area contributed by atoms with Crippen LogP contribution in [0.15, 0.2) is 12.4 Å². The van der Waals surface area contributed by atoms with Crippen molar-refractivity contribution in [2.75, 3.05) is 13.2 Å². The van der Waals surface area contributed by atoms with Gasteiger partial charge in [-0.05, 0) is 19.8 Å². The second-order valence-electron chi connectivity index (χ2n) is 4.09. The minimum Gasteiger partial charge on any atom is -0.381 e. The van der Waals surface area contributed by atoms with Crippen LogP contribution in [0.5, 0.6) is 0 Å². The number of nitrogens with one attached hydrogen (secondary N) is 2. The van der Waals surface area contributed by atoms with E-state index in [9.17, 15) is 4.79 Å². The highest BCUT2D eigenvalue weighted by atomic mass is 16.5. The third kappa shape index (κ3) is 2.61. The zero-order valence-electron chi connectivity index (χ0n) is 9.40. The molecule has 1 aliphatic heterocycles. The van der Waals surface area contributed by atoms with E-state index < -0.39 is 0 Å². The van der Waals surface area contributed by atoms with E-state index >= 15 is 0 Å². The molecule has 88 valence electrons. The molecule has 2 N–H and O–H groups in total. The summed E-state index contributed by atoms with van der Waals surface area (Å²) < 4.78 is 5.23. The van der Waals surface area contributed by atoms with E-state index in [1.807, 2.05) is 6.92 Å². The van der Waals surface area contributed by atoms with Crippen LogP contribution in [0.25, 0.3) is 0 Å². The summed E-state index contributed by atoms with van der Waals surface area (Å²) in [6, 6.07) is -0.0645. The number of H-pyrrole nitrogens is 1. The van der Waals surface area contributed by atoms with Gasteiger partial charge in [-0.25, -0.2) is 4.98 Å². The molecule has 5 nitrogen and oxygen atoms in total. The Labute approximate surface area is 94.6 Å². The number of amides is 1. The Bertz CT molecular complexity index is 331. The molecule has 0 aromatic carbocycles. The monoisotopic (exact) mass is 223 g/mol. The number of hydrogen-bond donors (Lipinski definition) is 2. The lowest BCUT2D eigenvalue weighted by atomic mass is 9.99. The van der Waals surface area contributed by atoms with E-state index in [2.05, 4.69) is 15.3 Å². The molecule has 1 aromatic rings. The molecule has 1 amide bonds. The Morgan fingerprint density at radius 2 is 2.38 bits per heavy atom. The van der Waals surface area contributed by atoms with Gasteiger partial charge in [0, 0.05) is 31.5 Å². The summed E-state index contributed by atoms with van der Waals surface area (Å²) in [5.74, 6) is 0.985. The highest BCUT2D eigenvalue weighted by molar-refractivity contribution is 5.79. The van der Waals surface area contributed by atoms with Crippen LogP contribution in [0.3, 0.4) is 0 Å². The largest absolute Gasteiger partial charge is 0.381 e. The Hall–Kier alpha value is -1.36. The maximum Gasteiger partial charge on any atom is 0.223 e. The van der Waals surface area contributed by atoms with Crippen molar-refractivity contribution in [3.8, 4) is 0 Å². The number of aromatic amines is 1.